The smallest absolute Gasteiger partial charge is 0.325 e. The van der Waals surface area contributed by atoms with Crippen LogP contribution in [0.5, 0.6) is 5.75 Å². The van der Waals surface area contributed by atoms with E-state index in [2.05, 4.69) is 5.32 Å². The minimum absolute atomic E-state index is 0.189. The van der Waals surface area contributed by atoms with Gasteiger partial charge in [-0.3, -0.25) is 15.4 Å². The molecule has 10 heteroatoms. The summed E-state index contributed by atoms with van der Waals surface area (Å²) in [5.41, 5.74) is 4.44. The van der Waals surface area contributed by atoms with Crippen molar-refractivity contribution >= 4 is 11.8 Å². The Kier molecular flexibility index (Phi) is 5.18. The van der Waals surface area contributed by atoms with Gasteiger partial charge < -0.3 is 30.1 Å². The molecule has 2 aliphatic rings. The van der Waals surface area contributed by atoms with E-state index >= 15 is 0 Å². The van der Waals surface area contributed by atoms with Crippen LogP contribution in [0.15, 0.2) is 36.5 Å². The zero-order valence-corrected chi connectivity index (χ0v) is 14.5. The van der Waals surface area contributed by atoms with Crippen LogP contribution >= 0.6 is 0 Å². The molecule has 2 aliphatic heterocycles. The third kappa shape index (κ3) is 3.29. The van der Waals surface area contributed by atoms with Gasteiger partial charge in [0.2, 0.25) is 5.78 Å². The van der Waals surface area contributed by atoms with Crippen LogP contribution in [0.3, 0.4) is 0 Å². The molecule has 0 radical (unpaired) electrons. The first-order valence-corrected chi connectivity index (χ1v) is 8.21. The van der Waals surface area contributed by atoms with E-state index in [4.69, 9.17) is 20.3 Å². The molecule has 5 atom stereocenters. The molecule has 1 aromatic carbocycles. The maximum Gasteiger partial charge on any atom is 0.325 e. The summed E-state index contributed by atoms with van der Waals surface area (Å²) in [4.78, 5) is 26.3. The van der Waals surface area contributed by atoms with Gasteiger partial charge in [0.05, 0.1) is 19.3 Å². The van der Waals surface area contributed by atoms with E-state index in [1.54, 1.807) is 18.2 Å². The van der Waals surface area contributed by atoms with Gasteiger partial charge in [0, 0.05) is 6.20 Å². The average Bonchev–Trinajstić information content (AvgIpc) is 2.95. The largest absolute Gasteiger partial charge is 0.496 e. The number of urea groups is 1. The number of para-hydroxylation sites is 1. The van der Waals surface area contributed by atoms with Gasteiger partial charge in [-0.25, -0.2) is 4.79 Å². The molecule has 10 nitrogen and oxygen atoms in total. The number of nitrogens with zero attached hydrogens (tertiary/aromatic N) is 1. The Hall–Kier alpha value is -2.50. The van der Waals surface area contributed by atoms with Crippen molar-refractivity contribution in [2.75, 3.05) is 13.7 Å². The van der Waals surface area contributed by atoms with Crippen molar-refractivity contribution in [3.63, 3.8) is 0 Å². The molecule has 1 unspecified atom stereocenters. The van der Waals surface area contributed by atoms with Crippen molar-refractivity contribution in [3.05, 3.63) is 42.1 Å². The summed E-state index contributed by atoms with van der Waals surface area (Å²) in [5.74, 6) is -0.286. The Morgan fingerprint density at radius 3 is 2.67 bits per heavy atom. The molecule has 1 aromatic rings. The summed E-state index contributed by atoms with van der Waals surface area (Å²) in [6.45, 7) is -0.527. The molecule has 3 rings (SSSR count). The number of nitrogens with one attached hydrogen (secondary N) is 1. The van der Waals surface area contributed by atoms with Crippen molar-refractivity contribution in [2.45, 2.75) is 30.2 Å². The highest BCUT2D eigenvalue weighted by Crippen LogP contribution is 2.28. The molecule has 6 N–H and O–H groups in total. The van der Waals surface area contributed by atoms with Gasteiger partial charge in [0.15, 0.2) is 11.9 Å². The predicted molar refractivity (Wildman–Crippen MR) is 91.5 cm³/mol. The minimum atomic E-state index is -1.83. The van der Waals surface area contributed by atoms with Crippen LogP contribution in [0.1, 0.15) is 10.4 Å². The quantitative estimate of drug-likeness (QED) is 0.388. The van der Waals surface area contributed by atoms with Crippen molar-refractivity contribution in [1.82, 2.24) is 10.2 Å². The predicted octanol–water partition coefficient (Wildman–Crippen LogP) is -1.49. The van der Waals surface area contributed by atoms with Gasteiger partial charge in [0.25, 0.3) is 0 Å². The van der Waals surface area contributed by atoms with Crippen molar-refractivity contribution < 1.29 is 34.4 Å². The van der Waals surface area contributed by atoms with Crippen LogP contribution in [0.4, 0.5) is 4.79 Å². The summed E-state index contributed by atoms with van der Waals surface area (Å²) in [7, 11) is 1.41. The van der Waals surface area contributed by atoms with Crippen LogP contribution in [0.25, 0.3) is 0 Å². The standard InChI is InChI=1S/C17H21N3O7/c1-26-10-5-3-2-4-9(10)14(24)17(18)6-7-20(16(25)19-17)15-13(23)12(22)11(8-21)27-15/h2-7,11-13,15,21-23H,8,18H2,1H3,(H,19,25)/t11-,12-,13-,15-,17?/m1/s1. The number of Topliss-reactive ketones (excluding diaryl/α,β-unsaturated/α-hetero) is 1. The number of aliphatic hydroxyl groups is 3. The number of amides is 2. The Labute approximate surface area is 154 Å². The Morgan fingerprint density at radius 2 is 2.07 bits per heavy atom. The van der Waals surface area contributed by atoms with E-state index in [0.29, 0.717) is 5.75 Å². The van der Waals surface area contributed by atoms with Crippen LogP contribution in [-0.4, -0.2) is 76.0 Å². The molecule has 0 aliphatic carbocycles. The van der Waals surface area contributed by atoms with Crippen LogP contribution in [-0.2, 0) is 4.74 Å². The Balaban J connectivity index is 1.84. The number of rotatable bonds is 5. The molecule has 1 fully saturated rings. The SMILES string of the molecule is COc1ccccc1C(=O)C1(N)C=CN([C@@H]2O[C@H](CO)[C@@H](O)[C@H]2O)C(=O)N1. The van der Waals surface area contributed by atoms with E-state index in [1.165, 1.54) is 25.5 Å². The lowest BCUT2D eigenvalue weighted by Gasteiger charge is -2.36. The topological polar surface area (TPSA) is 155 Å². The highest BCUT2D eigenvalue weighted by Gasteiger charge is 2.49. The highest BCUT2D eigenvalue weighted by atomic mass is 16.6. The monoisotopic (exact) mass is 379 g/mol. The van der Waals surface area contributed by atoms with Gasteiger partial charge in [-0.15, -0.1) is 0 Å². The van der Waals surface area contributed by atoms with Crippen molar-refractivity contribution in [2.24, 2.45) is 5.73 Å². The van der Waals surface area contributed by atoms with Gasteiger partial charge in [-0.2, -0.15) is 0 Å². The lowest BCUT2D eigenvalue weighted by molar-refractivity contribution is -0.0666. The summed E-state index contributed by atoms with van der Waals surface area (Å²) < 4.78 is 10.5. The van der Waals surface area contributed by atoms with Gasteiger partial charge in [-0.05, 0) is 18.2 Å². The van der Waals surface area contributed by atoms with E-state index in [-0.39, 0.29) is 5.56 Å². The van der Waals surface area contributed by atoms with Crippen molar-refractivity contribution in [3.8, 4) is 5.75 Å². The average molecular weight is 379 g/mol. The first-order chi connectivity index (χ1) is 12.8. The molecular weight excluding hydrogens is 358 g/mol. The Bertz CT molecular complexity index is 771. The second-order valence-corrected chi connectivity index (χ2v) is 6.28. The number of carbonyl (C=O) groups is 2. The third-order valence-electron chi connectivity index (χ3n) is 4.56. The van der Waals surface area contributed by atoms with E-state index in [9.17, 15) is 19.8 Å². The molecular formula is C17H21N3O7. The fourth-order valence-electron chi connectivity index (χ4n) is 3.05. The third-order valence-corrected chi connectivity index (χ3v) is 4.56. The number of nitrogens with two attached hydrogens (primary N) is 1. The second kappa shape index (κ2) is 7.25. The second-order valence-electron chi connectivity index (χ2n) is 6.28. The molecule has 1 saturated heterocycles. The van der Waals surface area contributed by atoms with E-state index in [1.807, 2.05) is 0 Å². The lowest BCUT2D eigenvalue weighted by atomic mass is 9.96. The maximum absolute atomic E-state index is 12.8. The number of benzene rings is 1. The number of carbonyl (C=O) groups excluding carboxylic acids is 2. The molecule has 0 aromatic heterocycles. The number of ether oxygens (including phenoxy) is 2. The summed E-state index contributed by atoms with van der Waals surface area (Å²) in [6, 6.07) is 5.64. The zero-order valence-electron chi connectivity index (χ0n) is 14.5. The Morgan fingerprint density at radius 1 is 1.37 bits per heavy atom. The molecule has 0 spiro atoms. The number of ketones is 1. The van der Waals surface area contributed by atoms with E-state index < -0.39 is 48.6 Å². The van der Waals surface area contributed by atoms with Gasteiger partial charge >= 0.3 is 6.03 Å². The summed E-state index contributed by atoms with van der Waals surface area (Å²) in [6.07, 6.45) is -2.62. The normalized spacial score (nSPS) is 33.1. The number of methoxy groups -OCH3 is 1. The number of hydrogen-bond donors (Lipinski definition) is 5. The molecule has 2 amide bonds. The summed E-state index contributed by atoms with van der Waals surface area (Å²) >= 11 is 0. The summed E-state index contributed by atoms with van der Waals surface area (Å²) in [5, 5.41) is 31.4. The van der Waals surface area contributed by atoms with Crippen molar-refractivity contribution in [1.29, 1.82) is 0 Å². The fourth-order valence-corrected chi connectivity index (χ4v) is 3.05. The molecule has 146 valence electrons. The van der Waals surface area contributed by atoms with Gasteiger partial charge in [-0.1, -0.05) is 12.1 Å². The zero-order chi connectivity index (χ0) is 19.8. The first-order valence-electron chi connectivity index (χ1n) is 8.21. The lowest BCUT2D eigenvalue weighted by Crippen LogP contribution is -2.66. The molecule has 0 bridgehead atoms. The first kappa shape index (κ1) is 19.3. The van der Waals surface area contributed by atoms with Gasteiger partial charge in [0.1, 0.15) is 24.1 Å². The minimum Gasteiger partial charge on any atom is -0.496 e. The fraction of sp³-hybridized carbons (Fsp3) is 0.412. The molecule has 0 saturated carbocycles. The number of aliphatic hydroxyl groups excluding tert-OH is 3. The highest BCUT2D eigenvalue weighted by molar-refractivity contribution is 6.08. The maximum atomic E-state index is 12.8. The van der Waals surface area contributed by atoms with Crippen LogP contribution in [0, 0.1) is 0 Å². The van der Waals surface area contributed by atoms with Crippen LogP contribution in [0.2, 0.25) is 0 Å². The van der Waals surface area contributed by atoms with E-state index in [0.717, 1.165) is 4.90 Å². The molecule has 27 heavy (non-hydrogen) atoms. The molecule has 2 heterocycles. The van der Waals surface area contributed by atoms with Crippen LogP contribution < -0.4 is 15.8 Å². The number of hydrogen-bond acceptors (Lipinski definition) is 8.